The third kappa shape index (κ3) is 3.35. The number of aromatic nitrogens is 1. The molecule has 1 aromatic rings. The van der Waals surface area contributed by atoms with Gasteiger partial charge in [-0.3, -0.25) is 4.79 Å². The van der Waals surface area contributed by atoms with Gasteiger partial charge >= 0.3 is 0 Å². The van der Waals surface area contributed by atoms with Crippen LogP contribution in [-0.4, -0.2) is 46.4 Å². The van der Waals surface area contributed by atoms with E-state index in [0.717, 1.165) is 50.3 Å². The minimum Gasteiger partial charge on any atom is -0.333 e. The Balaban J connectivity index is 1.65. The Labute approximate surface area is 137 Å². The number of rotatable bonds is 3. The van der Waals surface area contributed by atoms with Crippen LogP contribution in [0.4, 0.5) is 0 Å². The van der Waals surface area contributed by atoms with Crippen molar-refractivity contribution in [2.24, 2.45) is 5.92 Å². The van der Waals surface area contributed by atoms with E-state index in [1.54, 1.807) is 11.3 Å². The fourth-order valence-electron chi connectivity index (χ4n) is 3.75. The number of likely N-dealkylation sites (tertiary alicyclic amines) is 2. The second-order valence-electron chi connectivity index (χ2n) is 6.82. The predicted octanol–water partition coefficient (Wildman–Crippen LogP) is 3.32. The summed E-state index contributed by atoms with van der Waals surface area (Å²) in [5.74, 6) is 0.596. The molecule has 2 aliphatic heterocycles. The molecular formula is C17H27N3OS. The summed E-state index contributed by atoms with van der Waals surface area (Å²) < 4.78 is 0. The van der Waals surface area contributed by atoms with Crippen LogP contribution in [0.2, 0.25) is 0 Å². The van der Waals surface area contributed by atoms with Crippen molar-refractivity contribution in [3.05, 3.63) is 16.6 Å². The molecule has 0 N–H and O–H groups in total. The van der Waals surface area contributed by atoms with E-state index in [-0.39, 0.29) is 12.0 Å². The van der Waals surface area contributed by atoms with Gasteiger partial charge in [-0.15, -0.1) is 11.3 Å². The standard InChI is InChI=1S/C17H27N3OS/c1-13(2)19-10-6-14(7-11-19)17(21)20-9-4-3-5-15(20)16-18-8-12-22-16/h8,12-15H,3-7,9-11H2,1-2H3. The van der Waals surface area contributed by atoms with Gasteiger partial charge in [-0.1, -0.05) is 0 Å². The molecule has 2 aliphatic rings. The fourth-order valence-corrected chi connectivity index (χ4v) is 4.53. The van der Waals surface area contributed by atoms with Crippen LogP contribution in [0.15, 0.2) is 11.6 Å². The molecule has 1 amide bonds. The van der Waals surface area contributed by atoms with Gasteiger partial charge in [0.05, 0.1) is 6.04 Å². The van der Waals surface area contributed by atoms with Crippen molar-refractivity contribution in [3.8, 4) is 0 Å². The highest BCUT2D eigenvalue weighted by Crippen LogP contribution is 2.34. The third-order valence-corrected chi connectivity index (χ3v) is 6.01. The van der Waals surface area contributed by atoms with Gasteiger partial charge in [-0.25, -0.2) is 4.98 Å². The molecule has 0 spiro atoms. The lowest BCUT2D eigenvalue weighted by molar-refractivity contribution is -0.141. The first-order valence-corrected chi connectivity index (χ1v) is 9.48. The van der Waals surface area contributed by atoms with Crippen molar-refractivity contribution in [2.75, 3.05) is 19.6 Å². The Kier molecular flexibility index (Phi) is 5.14. The second-order valence-corrected chi connectivity index (χ2v) is 7.74. The lowest BCUT2D eigenvalue weighted by Crippen LogP contribution is -2.46. The summed E-state index contributed by atoms with van der Waals surface area (Å²) in [5.41, 5.74) is 0. The van der Waals surface area contributed by atoms with E-state index in [1.807, 2.05) is 11.6 Å². The van der Waals surface area contributed by atoms with E-state index in [1.165, 1.54) is 6.42 Å². The summed E-state index contributed by atoms with van der Waals surface area (Å²) in [7, 11) is 0. The number of carbonyl (C=O) groups excluding carboxylic acids is 1. The van der Waals surface area contributed by atoms with Gasteiger partial charge in [0, 0.05) is 30.1 Å². The van der Waals surface area contributed by atoms with E-state index >= 15 is 0 Å². The summed E-state index contributed by atoms with van der Waals surface area (Å²) in [6.07, 6.45) is 7.30. The molecule has 3 rings (SSSR count). The molecule has 122 valence electrons. The van der Waals surface area contributed by atoms with Crippen LogP contribution in [0, 0.1) is 5.92 Å². The van der Waals surface area contributed by atoms with Crippen LogP contribution in [0.25, 0.3) is 0 Å². The normalized spacial score (nSPS) is 24.9. The van der Waals surface area contributed by atoms with Gasteiger partial charge in [0.1, 0.15) is 5.01 Å². The molecule has 2 fully saturated rings. The van der Waals surface area contributed by atoms with Gasteiger partial charge in [0.15, 0.2) is 0 Å². The highest BCUT2D eigenvalue weighted by atomic mass is 32.1. The van der Waals surface area contributed by atoms with Gasteiger partial charge in [0.2, 0.25) is 5.91 Å². The van der Waals surface area contributed by atoms with Gasteiger partial charge in [0.25, 0.3) is 0 Å². The van der Waals surface area contributed by atoms with Crippen molar-refractivity contribution < 1.29 is 4.79 Å². The van der Waals surface area contributed by atoms with E-state index < -0.39 is 0 Å². The molecule has 5 heteroatoms. The Bertz CT molecular complexity index is 480. The zero-order valence-electron chi connectivity index (χ0n) is 13.7. The van der Waals surface area contributed by atoms with Crippen molar-refractivity contribution in [1.29, 1.82) is 0 Å². The van der Waals surface area contributed by atoms with E-state index in [9.17, 15) is 4.79 Å². The lowest BCUT2D eigenvalue weighted by Gasteiger charge is -2.40. The van der Waals surface area contributed by atoms with Gasteiger partial charge in [-0.05, 0) is 59.0 Å². The number of nitrogens with zero attached hydrogens (tertiary/aromatic N) is 3. The highest BCUT2D eigenvalue weighted by molar-refractivity contribution is 7.09. The van der Waals surface area contributed by atoms with Crippen LogP contribution >= 0.6 is 11.3 Å². The first-order valence-electron chi connectivity index (χ1n) is 8.60. The number of piperidine rings is 2. The topological polar surface area (TPSA) is 36.4 Å². The van der Waals surface area contributed by atoms with E-state index in [4.69, 9.17) is 0 Å². The molecule has 0 aliphatic carbocycles. The van der Waals surface area contributed by atoms with Crippen LogP contribution < -0.4 is 0 Å². The summed E-state index contributed by atoms with van der Waals surface area (Å²) >= 11 is 1.69. The monoisotopic (exact) mass is 321 g/mol. The van der Waals surface area contributed by atoms with Crippen molar-refractivity contribution in [1.82, 2.24) is 14.8 Å². The van der Waals surface area contributed by atoms with Crippen molar-refractivity contribution >= 4 is 17.2 Å². The second kappa shape index (κ2) is 7.09. The number of hydrogen-bond donors (Lipinski definition) is 0. The number of amides is 1. The maximum absolute atomic E-state index is 13.0. The first kappa shape index (κ1) is 15.9. The summed E-state index contributed by atoms with van der Waals surface area (Å²) in [4.78, 5) is 22.1. The largest absolute Gasteiger partial charge is 0.333 e. The highest BCUT2D eigenvalue weighted by Gasteiger charge is 2.35. The molecule has 22 heavy (non-hydrogen) atoms. The molecule has 1 atom stereocenters. The molecule has 0 saturated carbocycles. The molecule has 0 bridgehead atoms. The fraction of sp³-hybridized carbons (Fsp3) is 0.765. The smallest absolute Gasteiger partial charge is 0.226 e. The average Bonchev–Trinajstić information content (AvgIpc) is 3.08. The summed E-state index contributed by atoms with van der Waals surface area (Å²) in [6.45, 7) is 7.51. The van der Waals surface area contributed by atoms with E-state index in [2.05, 4.69) is 28.6 Å². The summed E-state index contributed by atoms with van der Waals surface area (Å²) in [5, 5.41) is 3.14. The zero-order valence-corrected chi connectivity index (χ0v) is 14.5. The molecule has 4 nitrogen and oxygen atoms in total. The van der Waals surface area contributed by atoms with Crippen molar-refractivity contribution in [2.45, 2.75) is 58.0 Å². The van der Waals surface area contributed by atoms with Crippen LogP contribution in [0.1, 0.15) is 57.0 Å². The Morgan fingerprint density at radius 2 is 2.00 bits per heavy atom. The van der Waals surface area contributed by atoms with Gasteiger partial charge in [-0.2, -0.15) is 0 Å². The molecular weight excluding hydrogens is 294 g/mol. The number of thiazole rings is 1. The average molecular weight is 321 g/mol. The SMILES string of the molecule is CC(C)N1CCC(C(=O)N2CCCCC2c2nccs2)CC1. The van der Waals surface area contributed by atoms with Crippen LogP contribution in [0.3, 0.4) is 0 Å². The van der Waals surface area contributed by atoms with Crippen molar-refractivity contribution in [3.63, 3.8) is 0 Å². The van der Waals surface area contributed by atoms with Crippen LogP contribution in [-0.2, 0) is 4.79 Å². The maximum Gasteiger partial charge on any atom is 0.226 e. The molecule has 0 aromatic carbocycles. The quantitative estimate of drug-likeness (QED) is 0.857. The Hall–Kier alpha value is -0.940. The molecule has 3 heterocycles. The molecule has 1 unspecified atom stereocenters. The molecule has 2 saturated heterocycles. The minimum atomic E-state index is 0.218. The molecule has 0 radical (unpaired) electrons. The summed E-state index contributed by atoms with van der Waals surface area (Å²) in [6, 6.07) is 0.818. The Morgan fingerprint density at radius 1 is 1.23 bits per heavy atom. The third-order valence-electron chi connectivity index (χ3n) is 5.13. The van der Waals surface area contributed by atoms with E-state index in [0.29, 0.717) is 11.9 Å². The van der Waals surface area contributed by atoms with Gasteiger partial charge < -0.3 is 9.80 Å². The maximum atomic E-state index is 13.0. The predicted molar refractivity (Wildman–Crippen MR) is 89.9 cm³/mol. The Morgan fingerprint density at radius 3 is 2.64 bits per heavy atom. The molecule has 1 aromatic heterocycles. The first-order chi connectivity index (χ1) is 10.7. The number of carbonyl (C=O) groups is 1. The zero-order chi connectivity index (χ0) is 15.5. The van der Waals surface area contributed by atoms with Crippen LogP contribution in [0.5, 0.6) is 0 Å². The minimum absolute atomic E-state index is 0.218. The number of hydrogen-bond acceptors (Lipinski definition) is 4. The lowest BCUT2D eigenvalue weighted by atomic mass is 9.92.